The molecule has 0 aliphatic heterocycles. The summed E-state index contributed by atoms with van der Waals surface area (Å²) in [7, 11) is 1.97. The third-order valence-corrected chi connectivity index (χ3v) is 3.65. The average molecular weight is 235 g/mol. The van der Waals surface area contributed by atoms with Gasteiger partial charge in [0.1, 0.15) is 0 Å². The summed E-state index contributed by atoms with van der Waals surface area (Å²) in [6.07, 6.45) is 2.98. The summed E-state index contributed by atoms with van der Waals surface area (Å²) in [5.74, 6) is 0. The Morgan fingerprint density at radius 1 is 1.44 bits per heavy atom. The molecule has 0 amide bonds. The first-order chi connectivity index (χ1) is 7.70. The number of H-pyrrole nitrogens is 1. The molecule has 0 radical (unpaired) electrons. The molecular formula is C12H17N3S. The molecule has 0 saturated heterocycles. The van der Waals surface area contributed by atoms with Crippen LogP contribution in [0.2, 0.25) is 0 Å². The predicted molar refractivity (Wildman–Crippen MR) is 69.0 cm³/mol. The number of hydrogen-bond acceptors (Lipinski definition) is 3. The zero-order chi connectivity index (χ0) is 11.5. The molecule has 0 spiro atoms. The van der Waals surface area contributed by atoms with Crippen molar-refractivity contribution in [2.45, 2.75) is 20.3 Å². The molecule has 0 aromatic carbocycles. The molecule has 0 aliphatic rings. The average Bonchev–Trinajstić information content (AvgIpc) is 2.82. The van der Waals surface area contributed by atoms with Crippen molar-refractivity contribution in [2.75, 3.05) is 13.6 Å². The topological polar surface area (TPSA) is 40.7 Å². The molecule has 2 aromatic rings. The predicted octanol–water partition coefficient (Wildman–Crippen LogP) is 2.52. The van der Waals surface area contributed by atoms with E-state index < -0.39 is 0 Å². The highest BCUT2D eigenvalue weighted by Crippen LogP contribution is 2.29. The summed E-state index contributed by atoms with van der Waals surface area (Å²) in [5.41, 5.74) is 3.71. The lowest BCUT2D eigenvalue weighted by Gasteiger charge is -1.94. The number of aromatic amines is 1. The van der Waals surface area contributed by atoms with Gasteiger partial charge in [0.25, 0.3) is 0 Å². The SMILES string of the molecule is CNCCc1ncc(-c2cc(C)[nH]c2C)s1. The summed E-state index contributed by atoms with van der Waals surface area (Å²) in [5, 5.41) is 4.34. The second-order valence-corrected chi connectivity index (χ2v) is 5.08. The minimum Gasteiger partial charge on any atom is -0.362 e. The molecular weight excluding hydrogens is 218 g/mol. The zero-order valence-corrected chi connectivity index (χ0v) is 10.7. The molecule has 16 heavy (non-hydrogen) atoms. The molecule has 3 nitrogen and oxygen atoms in total. The fourth-order valence-corrected chi connectivity index (χ4v) is 2.75. The largest absolute Gasteiger partial charge is 0.362 e. The zero-order valence-electron chi connectivity index (χ0n) is 9.92. The molecule has 0 unspecified atom stereocenters. The van der Waals surface area contributed by atoms with E-state index >= 15 is 0 Å². The first-order valence-corrected chi connectivity index (χ1v) is 6.28. The number of aryl methyl sites for hydroxylation is 2. The fraction of sp³-hybridized carbons (Fsp3) is 0.417. The first kappa shape index (κ1) is 11.4. The van der Waals surface area contributed by atoms with Crippen LogP contribution < -0.4 is 5.32 Å². The van der Waals surface area contributed by atoms with Gasteiger partial charge in [-0.3, -0.25) is 0 Å². The van der Waals surface area contributed by atoms with Gasteiger partial charge in [0, 0.05) is 36.1 Å². The molecule has 2 rings (SSSR count). The van der Waals surface area contributed by atoms with Crippen LogP contribution in [0.5, 0.6) is 0 Å². The van der Waals surface area contributed by atoms with Crippen molar-refractivity contribution < 1.29 is 0 Å². The molecule has 4 heteroatoms. The summed E-state index contributed by atoms with van der Waals surface area (Å²) in [6.45, 7) is 5.17. The van der Waals surface area contributed by atoms with Crippen molar-refractivity contribution in [1.29, 1.82) is 0 Å². The smallest absolute Gasteiger partial charge is 0.0943 e. The lowest BCUT2D eigenvalue weighted by Crippen LogP contribution is -2.09. The third kappa shape index (κ3) is 2.33. The van der Waals surface area contributed by atoms with Gasteiger partial charge in [-0.15, -0.1) is 11.3 Å². The number of likely N-dealkylation sites (N-methyl/N-ethyl adjacent to an activating group) is 1. The molecule has 2 N–H and O–H groups in total. The normalized spacial score (nSPS) is 10.9. The second-order valence-electron chi connectivity index (χ2n) is 3.96. The van der Waals surface area contributed by atoms with Gasteiger partial charge in [0.05, 0.1) is 9.88 Å². The summed E-state index contributed by atoms with van der Waals surface area (Å²) in [6, 6.07) is 2.19. The lowest BCUT2D eigenvalue weighted by atomic mass is 10.2. The van der Waals surface area contributed by atoms with Crippen molar-refractivity contribution in [3.8, 4) is 10.4 Å². The van der Waals surface area contributed by atoms with Crippen LogP contribution in [-0.2, 0) is 6.42 Å². The van der Waals surface area contributed by atoms with E-state index in [4.69, 9.17) is 0 Å². The van der Waals surface area contributed by atoms with Crippen LogP contribution in [0, 0.1) is 13.8 Å². The van der Waals surface area contributed by atoms with E-state index in [9.17, 15) is 0 Å². The van der Waals surface area contributed by atoms with Gasteiger partial charge in [-0.05, 0) is 27.0 Å². The van der Waals surface area contributed by atoms with E-state index in [0.29, 0.717) is 0 Å². The van der Waals surface area contributed by atoms with Gasteiger partial charge in [0.15, 0.2) is 0 Å². The van der Waals surface area contributed by atoms with Gasteiger partial charge >= 0.3 is 0 Å². The number of rotatable bonds is 4. The van der Waals surface area contributed by atoms with Crippen molar-refractivity contribution in [3.05, 3.63) is 28.7 Å². The van der Waals surface area contributed by atoms with E-state index in [1.807, 2.05) is 13.2 Å². The van der Waals surface area contributed by atoms with Crippen LogP contribution in [0.3, 0.4) is 0 Å². The maximum atomic E-state index is 4.45. The number of nitrogens with one attached hydrogen (secondary N) is 2. The van der Waals surface area contributed by atoms with E-state index in [-0.39, 0.29) is 0 Å². The van der Waals surface area contributed by atoms with E-state index in [0.717, 1.165) is 13.0 Å². The Balaban J connectivity index is 2.21. The van der Waals surface area contributed by atoms with Crippen molar-refractivity contribution in [2.24, 2.45) is 0 Å². The highest BCUT2D eigenvalue weighted by molar-refractivity contribution is 7.15. The van der Waals surface area contributed by atoms with Crippen molar-refractivity contribution in [3.63, 3.8) is 0 Å². The van der Waals surface area contributed by atoms with Gasteiger partial charge in [-0.2, -0.15) is 0 Å². The first-order valence-electron chi connectivity index (χ1n) is 5.46. The molecule has 0 saturated carbocycles. The van der Waals surface area contributed by atoms with Crippen LogP contribution in [0.1, 0.15) is 16.4 Å². The molecule has 2 aromatic heterocycles. The Labute approximate surface area is 99.9 Å². The van der Waals surface area contributed by atoms with Gasteiger partial charge in [-0.25, -0.2) is 4.98 Å². The third-order valence-electron chi connectivity index (χ3n) is 2.56. The number of aromatic nitrogens is 2. The Morgan fingerprint density at radius 3 is 2.88 bits per heavy atom. The van der Waals surface area contributed by atoms with E-state index in [1.54, 1.807) is 11.3 Å². The number of thiazole rings is 1. The van der Waals surface area contributed by atoms with Crippen molar-refractivity contribution in [1.82, 2.24) is 15.3 Å². The lowest BCUT2D eigenvalue weighted by molar-refractivity contribution is 0.787. The summed E-state index contributed by atoms with van der Waals surface area (Å²) < 4.78 is 0. The highest BCUT2D eigenvalue weighted by atomic mass is 32.1. The van der Waals surface area contributed by atoms with Crippen molar-refractivity contribution >= 4 is 11.3 Å². The molecule has 0 aliphatic carbocycles. The quantitative estimate of drug-likeness (QED) is 0.855. The van der Waals surface area contributed by atoms with Gasteiger partial charge < -0.3 is 10.3 Å². The number of hydrogen-bond donors (Lipinski definition) is 2. The standard InChI is InChI=1S/C12H17N3S/c1-8-6-10(9(2)15-8)11-7-14-12(16-11)4-5-13-3/h6-7,13,15H,4-5H2,1-3H3. The van der Waals surface area contributed by atoms with Crippen LogP contribution in [0.15, 0.2) is 12.3 Å². The Morgan fingerprint density at radius 2 is 2.25 bits per heavy atom. The molecule has 0 fully saturated rings. The number of nitrogens with zero attached hydrogens (tertiary/aromatic N) is 1. The van der Waals surface area contributed by atoms with Crippen LogP contribution in [0.25, 0.3) is 10.4 Å². The Kier molecular flexibility index (Phi) is 3.41. The maximum absolute atomic E-state index is 4.45. The summed E-state index contributed by atoms with van der Waals surface area (Å²) in [4.78, 5) is 9.03. The van der Waals surface area contributed by atoms with Crippen LogP contribution in [-0.4, -0.2) is 23.6 Å². The minimum absolute atomic E-state index is 0.984. The molecule has 86 valence electrons. The van der Waals surface area contributed by atoms with Crippen LogP contribution >= 0.6 is 11.3 Å². The monoisotopic (exact) mass is 235 g/mol. The fourth-order valence-electron chi connectivity index (χ4n) is 1.76. The maximum Gasteiger partial charge on any atom is 0.0943 e. The summed E-state index contributed by atoms with van der Waals surface area (Å²) >= 11 is 1.78. The van der Waals surface area contributed by atoms with E-state index in [2.05, 4.69) is 35.2 Å². The Hall–Kier alpha value is -1.13. The van der Waals surface area contributed by atoms with Gasteiger partial charge in [0.2, 0.25) is 0 Å². The van der Waals surface area contributed by atoms with E-state index in [1.165, 1.54) is 26.8 Å². The minimum atomic E-state index is 0.984. The Bertz CT molecular complexity index is 470. The molecule has 0 atom stereocenters. The van der Waals surface area contributed by atoms with Gasteiger partial charge in [-0.1, -0.05) is 0 Å². The van der Waals surface area contributed by atoms with Crippen LogP contribution in [0.4, 0.5) is 0 Å². The highest BCUT2D eigenvalue weighted by Gasteiger charge is 2.08. The molecule has 2 heterocycles. The molecule has 0 bridgehead atoms. The second kappa shape index (κ2) is 4.80.